The van der Waals surface area contributed by atoms with Gasteiger partial charge in [-0.1, -0.05) is 12.1 Å². The van der Waals surface area contributed by atoms with Gasteiger partial charge in [-0.25, -0.2) is 0 Å². The van der Waals surface area contributed by atoms with Crippen LogP contribution in [0.15, 0.2) is 24.3 Å². The Morgan fingerprint density at radius 1 is 1.24 bits per heavy atom. The van der Waals surface area contributed by atoms with E-state index < -0.39 is 0 Å². The predicted octanol–water partition coefficient (Wildman–Crippen LogP) is 1.97. The molecule has 1 aliphatic rings. The van der Waals surface area contributed by atoms with Crippen LogP contribution in [-0.4, -0.2) is 25.3 Å². The highest BCUT2D eigenvalue weighted by Crippen LogP contribution is 2.19. The van der Waals surface area contributed by atoms with Crippen LogP contribution in [0.1, 0.15) is 25.3 Å². The predicted molar refractivity (Wildman–Crippen MR) is 71.0 cm³/mol. The maximum atomic E-state index is 5.66. The first-order valence-electron chi connectivity index (χ1n) is 6.35. The second kappa shape index (κ2) is 5.52. The molecule has 1 saturated heterocycles. The maximum Gasteiger partial charge on any atom is 0.0483 e. The lowest BCUT2D eigenvalue weighted by molar-refractivity contribution is 0.0456. The Kier molecular flexibility index (Phi) is 4.02. The molecule has 94 valence electrons. The van der Waals surface area contributed by atoms with Crippen molar-refractivity contribution in [3.05, 3.63) is 29.8 Å². The summed E-state index contributed by atoms with van der Waals surface area (Å²) in [6.45, 7) is 5.07. The monoisotopic (exact) mass is 234 g/mol. The lowest BCUT2D eigenvalue weighted by Gasteiger charge is -2.34. The van der Waals surface area contributed by atoms with E-state index in [2.05, 4.69) is 24.4 Å². The Morgan fingerprint density at radius 2 is 1.88 bits per heavy atom. The van der Waals surface area contributed by atoms with Crippen LogP contribution in [0, 0.1) is 0 Å². The molecule has 3 N–H and O–H groups in total. The Bertz CT molecular complexity index is 342. The highest BCUT2D eigenvalue weighted by Gasteiger charge is 2.25. The van der Waals surface area contributed by atoms with Gasteiger partial charge in [0.1, 0.15) is 0 Å². The van der Waals surface area contributed by atoms with Crippen molar-refractivity contribution in [3.8, 4) is 0 Å². The number of hydrogen-bond donors (Lipinski definition) is 2. The van der Waals surface area contributed by atoms with Crippen molar-refractivity contribution < 1.29 is 4.74 Å². The molecule has 1 aromatic rings. The van der Waals surface area contributed by atoms with Crippen LogP contribution in [0.3, 0.4) is 0 Å². The number of rotatable bonds is 4. The minimum Gasteiger partial charge on any atom is -0.399 e. The zero-order valence-corrected chi connectivity index (χ0v) is 10.5. The second-order valence-electron chi connectivity index (χ2n) is 5.09. The van der Waals surface area contributed by atoms with Crippen LogP contribution in [0.2, 0.25) is 0 Å². The van der Waals surface area contributed by atoms with E-state index in [9.17, 15) is 0 Å². The van der Waals surface area contributed by atoms with Gasteiger partial charge < -0.3 is 15.8 Å². The lowest BCUT2D eigenvalue weighted by Crippen LogP contribution is -2.47. The van der Waals surface area contributed by atoms with Gasteiger partial charge in [0.05, 0.1) is 0 Å². The van der Waals surface area contributed by atoms with E-state index in [1.165, 1.54) is 5.56 Å². The highest BCUT2D eigenvalue weighted by molar-refractivity contribution is 5.39. The van der Waals surface area contributed by atoms with Gasteiger partial charge in [-0.3, -0.25) is 0 Å². The van der Waals surface area contributed by atoms with Crippen LogP contribution in [0.5, 0.6) is 0 Å². The van der Waals surface area contributed by atoms with Gasteiger partial charge in [0, 0.05) is 24.4 Å². The number of ether oxygens (including phenoxy) is 1. The molecule has 17 heavy (non-hydrogen) atoms. The van der Waals surface area contributed by atoms with Crippen LogP contribution in [-0.2, 0) is 11.2 Å². The molecule has 1 aromatic carbocycles. The van der Waals surface area contributed by atoms with Gasteiger partial charge in [-0.15, -0.1) is 0 Å². The molecule has 1 heterocycles. The number of nitrogens with two attached hydrogens (primary N) is 1. The molecular weight excluding hydrogens is 212 g/mol. The molecule has 0 unspecified atom stereocenters. The van der Waals surface area contributed by atoms with Crippen molar-refractivity contribution in [3.63, 3.8) is 0 Å². The molecule has 2 rings (SSSR count). The van der Waals surface area contributed by atoms with Gasteiger partial charge >= 0.3 is 0 Å². The van der Waals surface area contributed by atoms with Crippen LogP contribution in [0.4, 0.5) is 5.69 Å². The van der Waals surface area contributed by atoms with Crippen molar-refractivity contribution in [2.75, 3.05) is 25.5 Å². The summed E-state index contributed by atoms with van der Waals surface area (Å²) < 4.78 is 5.39. The SMILES string of the molecule is CC1(NCCc2ccc(N)cc2)CCOCC1. The summed E-state index contributed by atoms with van der Waals surface area (Å²) in [6.07, 6.45) is 3.26. The number of benzene rings is 1. The molecule has 0 radical (unpaired) electrons. The normalized spacial score (nSPS) is 19.1. The third kappa shape index (κ3) is 3.72. The fraction of sp³-hybridized carbons (Fsp3) is 0.571. The third-order valence-corrected chi connectivity index (χ3v) is 3.54. The Morgan fingerprint density at radius 3 is 2.53 bits per heavy atom. The Hall–Kier alpha value is -1.06. The summed E-state index contributed by atoms with van der Waals surface area (Å²) in [6, 6.07) is 8.13. The smallest absolute Gasteiger partial charge is 0.0483 e. The van der Waals surface area contributed by atoms with Crippen LogP contribution < -0.4 is 11.1 Å². The van der Waals surface area contributed by atoms with E-state index in [-0.39, 0.29) is 5.54 Å². The van der Waals surface area contributed by atoms with E-state index in [0.29, 0.717) is 0 Å². The topological polar surface area (TPSA) is 47.3 Å². The quantitative estimate of drug-likeness (QED) is 0.783. The van der Waals surface area contributed by atoms with E-state index in [0.717, 1.165) is 44.7 Å². The summed E-state index contributed by atoms with van der Waals surface area (Å²) in [7, 11) is 0. The summed E-state index contributed by atoms with van der Waals surface area (Å²) >= 11 is 0. The molecule has 0 amide bonds. The van der Waals surface area contributed by atoms with Crippen molar-refractivity contribution in [1.29, 1.82) is 0 Å². The maximum absolute atomic E-state index is 5.66. The van der Waals surface area contributed by atoms with Crippen molar-refractivity contribution in [2.24, 2.45) is 0 Å². The first-order chi connectivity index (χ1) is 8.18. The summed E-state index contributed by atoms with van der Waals surface area (Å²) in [4.78, 5) is 0. The van der Waals surface area contributed by atoms with E-state index in [1.807, 2.05) is 12.1 Å². The number of anilines is 1. The molecule has 0 bridgehead atoms. The molecule has 1 aliphatic heterocycles. The Balaban J connectivity index is 1.77. The molecule has 0 atom stereocenters. The molecule has 0 saturated carbocycles. The van der Waals surface area contributed by atoms with Crippen molar-refractivity contribution in [2.45, 2.75) is 31.7 Å². The van der Waals surface area contributed by atoms with Crippen LogP contribution in [0.25, 0.3) is 0 Å². The molecular formula is C14H22N2O. The van der Waals surface area contributed by atoms with Gasteiger partial charge in [-0.2, -0.15) is 0 Å². The average molecular weight is 234 g/mol. The van der Waals surface area contributed by atoms with Crippen molar-refractivity contribution >= 4 is 5.69 Å². The molecule has 3 heteroatoms. The van der Waals surface area contributed by atoms with E-state index in [1.54, 1.807) is 0 Å². The average Bonchev–Trinajstić information content (AvgIpc) is 2.32. The van der Waals surface area contributed by atoms with Crippen molar-refractivity contribution in [1.82, 2.24) is 5.32 Å². The highest BCUT2D eigenvalue weighted by atomic mass is 16.5. The first kappa shape index (κ1) is 12.4. The minimum absolute atomic E-state index is 0.256. The largest absolute Gasteiger partial charge is 0.399 e. The fourth-order valence-corrected chi connectivity index (χ4v) is 2.19. The van der Waals surface area contributed by atoms with E-state index in [4.69, 9.17) is 10.5 Å². The molecule has 1 fully saturated rings. The minimum atomic E-state index is 0.256. The van der Waals surface area contributed by atoms with Gasteiger partial charge in [0.25, 0.3) is 0 Å². The molecule has 0 aliphatic carbocycles. The summed E-state index contributed by atoms with van der Waals surface area (Å²) in [5.41, 5.74) is 8.09. The van der Waals surface area contributed by atoms with E-state index >= 15 is 0 Å². The van der Waals surface area contributed by atoms with Gasteiger partial charge in [-0.05, 0) is 50.4 Å². The zero-order chi connectivity index (χ0) is 12.1. The first-order valence-corrected chi connectivity index (χ1v) is 6.35. The number of hydrogen-bond acceptors (Lipinski definition) is 3. The standard InChI is InChI=1S/C14H22N2O/c1-14(7-10-17-11-8-14)16-9-6-12-2-4-13(15)5-3-12/h2-5,16H,6-11,15H2,1H3. The second-order valence-corrected chi connectivity index (χ2v) is 5.09. The molecule has 0 aromatic heterocycles. The van der Waals surface area contributed by atoms with Gasteiger partial charge in [0.2, 0.25) is 0 Å². The number of nitrogens with one attached hydrogen (secondary N) is 1. The summed E-state index contributed by atoms with van der Waals surface area (Å²) in [5.74, 6) is 0. The molecule has 0 spiro atoms. The summed E-state index contributed by atoms with van der Waals surface area (Å²) in [5, 5.41) is 3.65. The lowest BCUT2D eigenvalue weighted by atomic mass is 9.92. The zero-order valence-electron chi connectivity index (χ0n) is 10.5. The van der Waals surface area contributed by atoms with Crippen LogP contribution >= 0.6 is 0 Å². The third-order valence-electron chi connectivity index (χ3n) is 3.54. The fourth-order valence-electron chi connectivity index (χ4n) is 2.19. The van der Waals surface area contributed by atoms with Gasteiger partial charge in [0.15, 0.2) is 0 Å². The Labute approximate surface area is 103 Å². The number of nitrogen functional groups attached to an aromatic ring is 1. The molecule has 3 nitrogen and oxygen atoms in total.